The summed E-state index contributed by atoms with van der Waals surface area (Å²) < 4.78 is 5.49. The van der Waals surface area contributed by atoms with Crippen molar-refractivity contribution in [3.63, 3.8) is 0 Å². The van der Waals surface area contributed by atoms with Crippen LogP contribution in [0.3, 0.4) is 0 Å². The van der Waals surface area contributed by atoms with Crippen molar-refractivity contribution in [2.24, 2.45) is 5.10 Å². The molecule has 3 rings (SSSR count). The number of fused-ring (bicyclic) bond motifs is 1. The molecule has 1 aromatic carbocycles. The molecule has 0 N–H and O–H groups in total. The highest BCUT2D eigenvalue weighted by molar-refractivity contribution is 6.21. The fourth-order valence-electron chi connectivity index (χ4n) is 3.35. The number of ether oxygens (including phenoxy) is 1. The maximum Gasteiger partial charge on any atom is 0.279 e. The van der Waals surface area contributed by atoms with Gasteiger partial charge in [-0.25, -0.2) is 5.01 Å². The third-order valence-electron chi connectivity index (χ3n) is 4.62. The molecular weight excluding hydrogens is 302 g/mol. The number of likely N-dealkylation sites (N-methyl/N-ethyl adjacent to an activating group) is 2. The molecule has 0 spiro atoms. The van der Waals surface area contributed by atoms with Crippen molar-refractivity contribution in [2.45, 2.75) is 26.2 Å². The van der Waals surface area contributed by atoms with Crippen LogP contribution < -0.4 is 4.90 Å². The molecule has 1 amide bonds. The highest BCUT2D eigenvalue weighted by Crippen LogP contribution is 2.46. The van der Waals surface area contributed by atoms with Crippen LogP contribution in [0.25, 0.3) is 0 Å². The number of hydrogen-bond donors (Lipinski definition) is 0. The maximum absolute atomic E-state index is 12.3. The second-order valence-corrected chi connectivity index (χ2v) is 6.50. The van der Waals surface area contributed by atoms with Crippen LogP contribution in [0.4, 0.5) is 5.69 Å². The summed E-state index contributed by atoms with van der Waals surface area (Å²) in [6, 6.07) is 8.38. The quantitative estimate of drug-likeness (QED) is 0.785. The standard InChI is InChI=1S/C19H23N3O2/c1-6-24-17-13(18(23)22(5)20-17)11-12-16-19(2,3)14-9-7-8-10-15(14)21(16)4/h7-12H,6H2,1-5H3/b13-11+,16-12-. The molecule has 0 radical (unpaired) electrons. The van der Waals surface area contributed by atoms with Gasteiger partial charge in [0, 0.05) is 30.9 Å². The zero-order valence-electron chi connectivity index (χ0n) is 14.8. The van der Waals surface area contributed by atoms with Crippen LogP contribution in [-0.2, 0) is 14.9 Å². The Morgan fingerprint density at radius 1 is 1.21 bits per heavy atom. The van der Waals surface area contributed by atoms with Crippen molar-refractivity contribution < 1.29 is 9.53 Å². The minimum atomic E-state index is -0.147. The lowest BCUT2D eigenvalue weighted by Crippen LogP contribution is -2.23. The van der Waals surface area contributed by atoms with Gasteiger partial charge in [-0.2, -0.15) is 0 Å². The Kier molecular flexibility index (Phi) is 3.95. The third-order valence-corrected chi connectivity index (χ3v) is 4.62. The number of amides is 1. The molecule has 2 aliphatic rings. The summed E-state index contributed by atoms with van der Waals surface area (Å²) >= 11 is 0. The Balaban J connectivity index is 2.01. The monoisotopic (exact) mass is 325 g/mol. The molecule has 5 nitrogen and oxygen atoms in total. The number of carbonyl (C=O) groups excluding carboxylic acids is 1. The summed E-state index contributed by atoms with van der Waals surface area (Å²) in [5.41, 5.74) is 3.98. The first kappa shape index (κ1) is 16.3. The summed E-state index contributed by atoms with van der Waals surface area (Å²) in [5, 5.41) is 5.46. The second kappa shape index (κ2) is 5.82. The van der Waals surface area contributed by atoms with Gasteiger partial charge < -0.3 is 9.64 Å². The van der Waals surface area contributed by atoms with Crippen molar-refractivity contribution in [1.82, 2.24) is 5.01 Å². The van der Waals surface area contributed by atoms with Crippen molar-refractivity contribution in [3.05, 3.63) is 53.3 Å². The second-order valence-electron chi connectivity index (χ2n) is 6.50. The number of para-hydroxylation sites is 1. The number of hydrazone groups is 1. The number of nitrogens with zero attached hydrogens (tertiary/aromatic N) is 3. The van der Waals surface area contributed by atoms with Gasteiger partial charge >= 0.3 is 0 Å². The number of anilines is 1. The number of rotatable bonds is 2. The Morgan fingerprint density at radius 2 is 1.92 bits per heavy atom. The molecule has 2 heterocycles. The molecule has 0 aromatic heterocycles. The van der Waals surface area contributed by atoms with E-state index in [1.807, 2.05) is 25.1 Å². The topological polar surface area (TPSA) is 45.1 Å². The van der Waals surface area contributed by atoms with Gasteiger partial charge in [0.1, 0.15) is 5.57 Å². The fourth-order valence-corrected chi connectivity index (χ4v) is 3.35. The largest absolute Gasteiger partial charge is 0.476 e. The SMILES string of the molecule is CCOC1=NN(C)C(=O)/C1=C/C=C1\N(C)c2ccccc2C1(C)C. The van der Waals surface area contributed by atoms with E-state index in [4.69, 9.17) is 4.74 Å². The van der Waals surface area contributed by atoms with Crippen LogP contribution in [-0.4, -0.2) is 37.5 Å². The third kappa shape index (κ3) is 2.40. The fraction of sp³-hybridized carbons (Fsp3) is 0.368. The van der Waals surface area contributed by atoms with Crippen molar-refractivity contribution in [3.8, 4) is 0 Å². The van der Waals surface area contributed by atoms with E-state index in [-0.39, 0.29) is 11.3 Å². The normalized spacial score (nSPS) is 22.4. The number of carbonyl (C=O) groups is 1. The Hall–Kier alpha value is -2.56. The van der Waals surface area contributed by atoms with Crippen LogP contribution >= 0.6 is 0 Å². The number of hydrogen-bond acceptors (Lipinski definition) is 4. The smallest absolute Gasteiger partial charge is 0.279 e. The van der Waals surface area contributed by atoms with Gasteiger partial charge in [-0.3, -0.25) is 4.79 Å². The van der Waals surface area contributed by atoms with Gasteiger partial charge in [0.15, 0.2) is 0 Å². The Bertz CT molecular complexity index is 775. The van der Waals surface area contributed by atoms with E-state index in [1.165, 1.54) is 16.3 Å². The van der Waals surface area contributed by atoms with Crippen LogP contribution in [0.5, 0.6) is 0 Å². The van der Waals surface area contributed by atoms with E-state index in [0.29, 0.717) is 18.1 Å². The van der Waals surface area contributed by atoms with E-state index in [0.717, 1.165) is 5.70 Å². The molecular formula is C19H23N3O2. The predicted molar refractivity (Wildman–Crippen MR) is 95.9 cm³/mol. The van der Waals surface area contributed by atoms with Gasteiger partial charge in [0.25, 0.3) is 5.91 Å². The van der Waals surface area contributed by atoms with Crippen LogP contribution in [0, 0.1) is 0 Å². The maximum atomic E-state index is 12.3. The molecule has 0 unspecified atom stereocenters. The lowest BCUT2D eigenvalue weighted by molar-refractivity contribution is -0.124. The zero-order valence-corrected chi connectivity index (χ0v) is 14.8. The number of allylic oxidation sites excluding steroid dienone is 3. The lowest BCUT2D eigenvalue weighted by Gasteiger charge is -2.23. The number of benzene rings is 1. The predicted octanol–water partition coefficient (Wildman–Crippen LogP) is 3.05. The van der Waals surface area contributed by atoms with Gasteiger partial charge in [0.2, 0.25) is 5.90 Å². The van der Waals surface area contributed by atoms with Gasteiger partial charge in [-0.1, -0.05) is 32.0 Å². The van der Waals surface area contributed by atoms with Crippen molar-refractivity contribution >= 4 is 17.5 Å². The molecule has 0 fully saturated rings. The molecule has 1 aromatic rings. The molecule has 126 valence electrons. The summed E-state index contributed by atoms with van der Waals surface area (Å²) in [6.45, 7) is 6.75. The first-order valence-electron chi connectivity index (χ1n) is 8.13. The van der Waals surface area contributed by atoms with Gasteiger partial charge in [-0.15, -0.1) is 5.10 Å². The van der Waals surface area contributed by atoms with Crippen molar-refractivity contribution in [1.29, 1.82) is 0 Å². The average Bonchev–Trinajstić information content (AvgIpc) is 2.92. The molecule has 0 bridgehead atoms. The molecule has 0 atom stereocenters. The van der Waals surface area contributed by atoms with E-state index in [1.54, 1.807) is 7.05 Å². The molecule has 2 aliphatic heterocycles. The summed E-state index contributed by atoms with van der Waals surface area (Å²) in [7, 11) is 3.69. The average molecular weight is 325 g/mol. The van der Waals surface area contributed by atoms with Crippen molar-refractivity contribution in [2.75, 3.05) is 25.6 Å². The van der Waals surface area contributed by atoms with E-state index < -0.39 is 0 Å². The molecule has 24 heavy (non-hydrogen) atoms. The van der Waals surface area contributed by atoms with Crippen LogP contribution in [0.1, 0.15) is 26.3 Å². The Morgan fingerprint density at radius 3 is 2.58 bits per heavy atom. The summed E-state index contributed by atoms with van der Waals surface area (Å²) in [4.78, 5) is 14.5. The van der Waals surface area contributed by atoms with E-state index in [2.05, 4.69) is 49.1 Å². The first-order chi connectivity index (χ1) is 11.4. The first-order valence-corrected chi connectivity index (χ1v) is 8.13. The highest BCUT2D eigenvalue weighted by Gasteiger charge is 2.38. The lowest BCUT2D eigenvalue weighted by atomic mass is 9.83. The summed E-state index contributed by atoms with van der Waals surface area (Å²) in [5.74, 6) is 0.240. The summed E-state index contributed by atoms with van der Waals surface area (Å²) in [6.07, 6.45) is 3.82. The van der Waals surface area contributed by atoms with Crippen LogP contribution in [0.2, 0.25) is 0 Å². The van der Waals surface area contributed by atoms with E-state index >= 15 is 0 Å². The minimum absolute atomic E-state index is 0.126. The zero-order chi connectivity index (χ0) is 17.5. The molecule has 5 heteroatoms. The Labute approximate surface area is 142 Å². The highest BCUT2D eigenvalue weighted by atomic mass is 16.5. The van der Waals surface area contributed by atoms with Gasteiger partial charge in [0.05, 0.1) is 6.61 Å². The van der Waals surface area contributed by atoms with Crippen LogP contribution in [0.15, 0.2) is 52.8 Å². The van der Waals surface area contributed by atoms with E-state index in [9.17, 15) is 4.79 Å². The molecule has 0 saturated heterocycles. The minimum Gasteiger partial charge on any atom is -0.476 e. The molecule has 0 aliphatic carbocycles. The van der Waals surface area contributed by atoms with Gasteiger partial charge in [-0.05, 0) is 30.7 Å². The molecule has 0 saturated carbocycles.